The van der Waals surface area contributed by atoms with Crippen LogP contribution in [-0.4, -0.2) is 45.9 Å². The van der Waals surface area contributed by atoms with Gasteiger partial charge in [0.1, 0.15) is 11.9 Å². The third kappa shape index (κ3) is 3.45. The summed E-state index contributed by atoms with van der Waals surface area (Å²) in [6.07, 6.45) is -0.563. The second-order valence-corrected chi connectivity index (χ2v) is 7.99. The van der Waals surface area contributed by atoms with Gasteiger partial charge in [0.05, 0.1) is 29.4 Å². The number of nitrogens with zero attached hydrogens (tertiary/aromatic N) is 3. The molecule has 0 fully saturated rings. The largest absolute Gasteiger partial charge is 0.393 e. The number of fused-ring (bicyclic) bond motifs is 1. The van der Waals surface area contributed by atoms with Crippen molar-refractivity contribution in [3.63, 3.8) is 0 Å². The Balaban J connectivity index is 1.95. The van der Waals surface area contributed by atoms with Crippen molar-refractivity contribution in [2.75, 3.05) is 13.2 Å². The second kappa shape index (κ2) is 6.83. The molecule has 1 aromatic carbocycles. The Morgan fingerprint density at radius 3 is 2.80 bits per heavy atom. The van der Waals surface area contributed by atoms with Crippen LogP contribution in [0.1, 0.15) is 29.5 Å². The zero-order valence-electron chi connectivity index (χ0n) is 13.8. The average Bonchev–Trinajstić information content (AvgIpc) is 2.87. The lowest BCUT2D eigenvalue weighted by molar-refractivity contribution is 0.0916. The monoisotopic (exact) mass is 369 g/mol. The highest BCUT2D eigenvalue weighted by Crippen LogP contribution is 2.25. The molecule has 1 atom stereocenters. The average molecular weight is 369 g/mol. The van der Waals surface area contributed by atoms with Gasteiger partial charge in [0.25, 0.3) is 0 Å². The third-order valence-corrected chi connectivity index (χ3v) is 6.27. The molecule has 2 N–H and O–H groups in total. The number of aromatic nitrogens is 2. The van der Waals surface area contributed by atoms with E-state index in [4.69, 9.17) is 5.11 Å². The number of aliphatic hydroxyl groups excluding tert-OH is 2. The lowest BCUT2D eigenvalue weighted by atomic mass is 10.2. The number of benzene rings is 1. The third-order valence-electron chi connectivity index (χ3n) is 4.28. The Hall–Kier alpha value is -1.81. The van der Waals surface area contributed by atoms with Gasteiger partial charge in [-0.05, 0) is 37.1 Å². The van der Waals surface area contributed by atoms with E-state index in [-0.39, 0.29) is 11.4 Å². The molecule has 0 saturated heterocycles. The molecule has 3 rings (SSSR count). The normalized spacial score (nSPS) is 17.1. The molecule has 25 heavy (non-hydrogen) atoms. The van der Waals surface area contributed by atoms with E-state index in [2.05, 4.69) is 5.10 Å². The fourth-order valence-corrected chi connectivity index (χ4v) is 4.59. The minimum atomic E-state index is -3.86. The highest BCUT2D eigenvalue weighted by atomic mass is 32.2. The Labute approximate surface area is 145 Å². The molecule has 2 aromatic rings. The van der Waals surface area contributed by atoms with Crippen LogP contribution in [0.15, 0.2) is 29.2 Å². The maximum absolute atomic E-state index is 13.5. The van der Waals surface area contributed by atoms with Gasteiger partial charge in [-0.3, -0.25) is 4.68 Å². The predicted molar refractivity (Wildman–Crippen MR) is 87.6 cm³/mol. The molecule has 0 amide bonds. The number of aliphatic hydroxyl groups is 2. The van der Waals surface area contributed by atoms with Crippen molar-refractivity contribution in [1.82, 2.24) is 14.1 Å². The first kappa shape index (κ1) is 18.0. The molecule has 1 aromatic heterocycles. The summed E-state index contributed by atoms with van der Waals surface area (Å²) >= 11 is 0. The van der Waals surface area contributed by atoms with Gasteiger partial charge >= 0.3 is 0 Å². The minimum absolute atomic E-state index is 0.0453. The molecule has 0 bridgehead atoms. The molecule has 7 nitrogen and oxygen atoms in total. The maximum atomic E-state index is 13.5. The molecule has 0 unspecified atom stereocenters. The van der Waals surface area contributed by atoms with E-state index in [1.807, 2.05) is 0 Å². The van der Waals surface area contributed by atoms with Crippen molar-refractivity contribution >= 4 is 10.0 Å². The highest BCUT2D eigenvalue weighted by molar-refractivity contribution is 7.89. The van der Waals surface area contributed by atoms with Crippen LogP contribution in [0, 0.1) is 12.7 Å². The Morgan fingerprint density at radius 1 is 1.32 bits per heavy atom. The zero-order chi connectivity index (χ0) is 18.2. The van der Waals surface area contributed by atoms with Crippen molar-refractivity contribution in [3.8, 4) is 0 Å². The molecular weight excluding hydrogens is 349 g/mol. The van der Waals surface area contributed by atoms with E-state index in [9.17, 15) is 17.9 Å². The number of aryl methyl sites for hydroxylation is 2. The van der Waals surface area contributed by atoms with E-state index >= 15 is 0 Å². The van der Waals surface area contributed by atoms with E-state index in [1.54, 1.807) is 17.7 Å². The molecular formula is C16H20FN3O4S. The van der Waals surface area contributed by atoms with Crippen LogP contribution in [0.3, 0.4) is 0 Å². The maximum Gasteiger partial charge on any atom is 0.243 e. The fraction of sp³-hybridized carbons (Fsp3) is 0.438. The van der Waals surface area contributed by atoms with Gasteiger partial charge in [-0.1, -0.05) is 6.07 Å². The van der Waals surface area contributed by atoms with Gasteiger partial charge in [0.15, 0.2) is 0 Å². The molecule has 0 radical (unpaired) electrons. The van der Waals surface area contributed by atoms with Crippen molar-refractivity contribution in [2.24, 2.45) is 0 Å². The summed E-state index contributed by atoms with van der Waals surface area (Å²) in [6, 6.07) is 5.30. The number of sulfonamides is 1. The molecule has 0 aliphatic carbocycles. The zero-order valence-corrected chi connectivity index (χ0v) is 14.6. The standard InChI is InChI=1S/C16H20FN3O4S/c1-11-3-4-12(17)7-16(11)25(23,24)19-5-2-6-20-13(9-19)8-14(18-20)15(22)10-21/h3-4,7-8,15,21-22H,2,5-6,9-10H2,1H3/t15-/m0/s1. The second-order valence-electron chi connectivity index (χ2n) is 6.08. The van der Waals surface area contributed by atoms with Gasteiger partial charge in [0, 0.05) is 13.1 Å². The van der Waals surface area contributed by atoms with Crippen molar-refractivity contribution in [3.05, 3.63) is 47.0 Å². The Morgan fingerprint density at radius 2 is 2.08 bits per heavy atom. The molecule has 0 saturated carbocycles. The molecule has 0 spiro atoms. The number of halogens is 1. The quantitative estimate of drug-likeness (QED) is 0.837. The smallest absolute Gasteiger partial charge is 0.243 e. The van der Waals surface area contributed by atoms with Crippen LogP contribution in [0.4, 0.5) is 4.39 Å². The predicted octanol–water partition coefficient (Wildman–Crippen LogP) is 0.951. The SMILES string of the molecule is Cc1ccc(F)cc1S(=O)(=O)N1CCCn2nc([C@@H](O)CO)cc2C1. The number of hydrogen-bond acceptors (Lipinski definition) is 5. The first-order valence-corrected chi connectivity index (χ1v) is 9.39. The Kier molecular flexibility index (Phi) is 4.92. The molecule has 136 valence electrons. The molecule has 1 aliphatic rings. The van der Waals surface area contributed by atoms with Crippen LogP contribution >= 0.6 is 0 Å². The van der Waals surface area contributed by atoms with Crippen molar-refractivity contribution < 1.29 is 23.0 Å². The lowest BCUT2D eigenvalue weighted by Crippen LogP contribution is -2.31. The summed E-state index contributed by atoms with van der Waals surface area (Å²) in [6.45, 7) is 2.04. The van der Waals surface area contributed by atoms with Gasteiger partial charge in [-0.2, -0.15) is 9.40 Å². The van der Waals surface area contributed by atoms with E-state index in [0.717, 1.165) is 6.07 Å². The fourth-order valence-electron chi connectivity index (χ4n) is 2.91. The molecule has 2 heterocycles. The van der Waals surface area contributed by atoms with Gasteiger partial charge in [-0.25, -0.2) is 12.8 Å². The Bertz CT molecular complexity index is 882. The minimum Gasteiger partial charge on any atom is -0.393 e. The summed E-state index contributed by atoms with van der Waals surface area (Å²) in [5, 5.41) is 23.0. The van der Waals surface area contributed by atoms with E-state index < -0.39 is 28.6 Å². The van der Waals surface area contributed by atoms with Gasteiger partial charge in [0.2, 0.25) is 10.0 Å². The van der Waals surface area contributed by atoms with Crippen LogP contribution in [-0.2, 0) is 23.1 Å². The summed E-state index contributed by atoms with van der Waals surface area (Å²) < 4.78 is 42.4. The van der Waals surface area contributed by atoms with Gasteiger partial charge < -0.3 is 10.2 Å². The van der Waals surface area contributed by atoms with E-state index in [1.165, 1.54) is 16.4 Å². The molecule has 9 heteroatoms. The highest BCUT2D eigenvalue weighted by Gasteiger charge is 2.30. The van der Waals surface area contributed by atoms with Crippen molar-refractivity contribution in [1.29, 1.82) is 0 Å². The molecule has 1 aliphatic heterocycles. The summed E-state index contributed by atoms with van der Waals surface area (Å²) in [5.74, 6) is -0.600. The number of rotatable bonds is 4. The summed E-state index contributed by atoms with van der Waals surface area (Å²) in [4.78, 5) is -0.0453. The summed E-state index contributed by atoms with van der Waals surface area (Å²) in [7, 11) is -3.86. The topological polar surface area (TPSA) is 95.7 Å². The van der Waals surface area contributed by atoms with Crippen molar-refractivity contribution in [2.45, 2.75) is 37.4 Å². The van der Waals surface area contributed by atoms with Crippen LogP contribution in [0.2, 0.25) is 0 Å². The summed E-state index contributed by atoms with van der Waals surface area (Å²) in [5.41, 5.74) is 1.41. The van der Waals surface area contributed by atoms with Gasteiger partial charge in [-0.15, -0.1) is 0 Å². The number of hydrogen-bond donors (Lipinski definition) is 2. The van der Waals surface area contributed by atoms with Crippen LogP contribution in [0.5, 0.6) is 0 Å². The first-order valence-electron chi connectivity index (χ1n) is 7.95. The van der Waals surface area contributed by atoms with Crippen LogP contribution in [0.25, 0.3) is 0 Å². The van der Waals surface area contributed by atoms with E-state index in [0.29, 0.717) is 36.5 Å². The first-order chi connectivity index (χ1) is 11.8. The van der Waals surface area contributed by atoms with Crippen LogP contribution < -0.4 is 0 Å². The lowest BCUT2D eigenvalue weighted by Gasteiger charge is -2.21.